The number of ether oxygens (including phenoxy) is 2. The lowest BCUT2D eigenvalue weighted by Gasteiger charge is -2.29. The van der Waals surface area contributed by atoms with Gasteiger partial charge in [-0.3, -0.25) is 0 Å². The molecule has 1 fully saturated rings. The standard InChI is InChI=1S/C30H35NO4S/c1-17(2)35-21-12-10-20(11-13-21)16-34-25-14-9-18(3)28-27(25)23(30(32)33)15-24(31-28)29-19(4)22-7-5-6-8-26(22)36-29/h6,8-9,14-15,17,20-21H,5,7,10-13,16H2,1-4H3,(H,32,33). The molecule has 0 unspecified atom stereocenters. The summed E-state index contributed by atoms with van der Waals surface area (Å²) in [6, 6.07) is 5.63. The van der Waals surface area contributed by atoms with Gasteiger partial charge in [0, 0.05) is 4.88 Å². The van der Waals surface area contributed by atoms with E-state index in [9.17, 15) is 9.90 Å². The van der Waals surface area contributed by atoms with Crippen LogP contribution in [-0.4, -0.2) is 34.9 Å². The van der Waals surface area contributed by atoms with Crippen LogP contribution in [-0.2, 0) is 11.2 Å². The molecule has 2 aliphatic carbocycles. The van der Waals surface area contributed by atoms with Gasteiger partial charge in [0.05, 0.1) is 45.9 Å². The number of allylic oxidation sites excluding steroid dienone is 1. The van der Waals surface area contributed by atoms with Gasteiger partial charge in [0.2, 0.25) is 0 Å². The molecule has 0 atom stereocenters. The highest BCUT2D eigenvalue weighted by Gasteiger charge is 2.25. The number of pyridine rings is 1. The number of hydrogen-bond donors (Lipinski definition) is 1. The molecule has 0 bridgehead atoms. The van der Waals surface area contributed by atoms with E-state index in [4.69, 9.17) is 14.5 Å². The largest absolute Gasteiger partial charge is 0.493 e. The molecule has 0 radical (unpaired) electrons. The molecule has 2 aliphatic rings. The first-order valence-corrected chi connectivity index (χ1v) is 13.9. The Hall–Kier alpha value is -2.70. The monoisotopic (exact) mass is 505 g/mol. The Morgan fingerprint density at radius 1 is 1.19 bits per heavy atom. The number of carbonyl (C=O) groups is 1. The summed E-state index contributed by atoms with van der Waals surface area (Å²) in [5.74, 6) is 0.101. The van der Waals surface area contributed by atoms with E-state index in [1.54, 1.807) is 17.4 Å². The Kier molecular flexibility index (Phi) is 7.18. The average molecular weight is 506 g/mol. The molecule has 190 valence electrons. The molecular weight excluding hydrogens is 470 g/mol. The molecule has 6 heteroatoms. The van der Waals surface area contributed by atoms with Crippen molar-refractivity contribution >= 4 is 34.3 Å². The van der Waals surface area contributed by atoms with Gasteiger partial charge in [-0.2, -0.15) is 0 Å². The highest BCUT2D eigenvalue weighted by Crippen LogP contribution is 2.41. The number of rotatable bonds is 7. The number of hydrogen-bond acceptors (Lipinski definition) is 5. The van der Waals surface area contributed by atoms with Gasteiger partial charge in [-0.15, -0.1) is 11.3 Å². The molecule has 0 aliphatic heterocycles. The van der Waals surface area contributed by atoms with Crippen molar-refractivity contribution in [3.8, 4) is 16.3 Å². The van der Waals surface area contributed by atoms with Gasteiger partial charge in [-0.1, -0.05) is 12.1 Å². The summed E-state index contributed by atoms with van der Waals surface area (Å²) in [5.41, 5.74) is 5.21. The number of aryl methyl sites for hydroxylation is 1. The third kappa shape index (κ3) is 4.94. The fourth-order valence-corrected chi connectivity index (χ4v) is 6.80. The van der Waals surface area contributed by atoms with Gasteiger partial charge in [0.15, 0.2) is 0 Å². The van der Waals surface area contributed by atoms with Crippen molar-refractivity contribution in [1.82, 2.24) is 4.98 Å². The van der Waals surface area contributed by atoms with Crippen LogP contribution in [0.5, 0.6) is 5.75 Å². The average Bonchev–Trinajstić information content (AvgIpc) is 3.20. The van der Waals surface area contributed by atoms with Crippen LogP contribution in [0.25, 0.3) is 27.6 Å². The summed E-state index contributed by atoms with van der Waals surface area (Å²) in [7, 11) is 0. The molecule has 1 aromatic carbocycles. The van der Waals surface area contributed by atoms with E-state index < -0.39 is 5.97 Å². The van der Waals surface area contributed by atoms with Gasteiger partial charge in [-0.25, -0.2) is 9.78 Å². The Balaban J connectivity index is 1.46. The van der Waals surface area contributed by atoms with Crippen LogP contribution in [0, 0.1) is 19.8 Å². The van der Waals surface area contributed by atoms with Crippen molar-refractivity contribution in [2.45, 2.75) is 78.4 Å². The molecule has 3 aromatic rings. The number of thiophene rings is 1. The molecule has 1 N–H and O–H groups in total. The van der Waals surface area contributed by atoms with Crippen molar-refractivity contribution in [2.24, 2.45) is 5.92 Å². The summed E-state index contributed by atoms with van der Waals surface area (Å²) in [6.07, 6.45) is 11.3. The molecule has 5 nitrogen and oxygen atoms in total. The fraction of sp³-hybridized carbons (Fsp3) is 0.467. The predicted molar refractivity (Wildman–Crippen MR) is 146 cm³/mol. The Morgan fingerprint density at radius 2 is 1.97 bits per heavy atom. The topological polar surface area (TPSA) is 68.7 Å². The first kappa shape index (κ1) is 25.0. The summed E-state index contributed by atoms with van der Waals surface area (Å²) in [6.45, 7) is 8.87. The third-order valence-corrected chi connectivity index (χ3v) is 8.77. The van der Waals surface area contributed by atoms with E-state index >= 15 is 0 Å². The number of aromatic carboxylic acids is 1. The maximum absolute atomic E-state index is 12.5. The lowest BCUT2D eigenvalue weighted by atomic mass is 9.88. The SMILES string of the molecule is Cc1c(-c2cc(C(=O)O)c3c(OCC4CCC(OC(C)C)CC4)ccc(C)c3n2)sc2c1CCC=C2. The Bertz CT molecular complexity index is 1310. The lowest BCUT2D eigenvalue weighted by Crippen LogP contribution is -2.27. The van der Waals surface area contributed by atoms with Crippen LogP contribution in [0.15, 0.2) is 24.3 Å². The minimum Gasteiger partial charge on any atom is -0.493 e. The van der Waals surface area contributed by atoms with Gasteiger partial charge >= 0.3 is 5.97 Å². The zero-order chi connectivity index (χ0) is 25.4. The number of carboxylic acids is 1. The Morgan fingerprint density at radius 3 is 2.67 bits per heavy atom. The molecule has 2 heterocycles. The van der Waals surface area contributed by atoms with Gasteiger partial charge in [0.25, 0.3) is 0 Å². The fourth-order valence-electron chi connectivity index (χ4n) is 5.55. The quantitative estimate of drug-likeness (QED) is 0.358. The minimum atomic E-state index is -0.954. The molecule has 36 heavy (non-hydrogen) atoms. The van der Waals surface area contributed by atoms with Crippen LogP contribution < -0.4 is 4.74 Å². The van der Waals surface area contributed by atoms with Crippen molar-refractivity contribution in [2.75, 3.05) is 6.61 Å². The number of carboxylic acid groups (broad SMARTS) is 1. The molecule has 0 saturated heterocycles. The third-order valence-electron chi connectivity index (χ3n) is 7.45. The number of nitrogens with zero attached hydrogens (tertiary/aromatic N) is 1. The number of benzene rings is 1. The van der Waals surface area contributed by atoms with E-state index in [0.717, 1.165) is 54.7 Å². The maximum atomic E-state index is 12.5. The minimum absolute atomic E-state index is 0.254. The summed E-state index contributed by atoms with van der Waals surface area (Å²) in [5, 5.41) is 10.8. The molecular formula is C30H35NO4S. The number of fused-ring (bicyclic) bond motifs is 2. The number of aromatic nitrogens is 1. The molecule has 5 rings (SSSR count). The normalized spacial score (nSPS) is 19.6. The Labute approximate surface area is 217 Å². The maximum Gasteiger partial charge on any atom is 0.336 e. The van der Waals surface area contributed by atoms with E-state index in [0.29, 0.717) is 35.3 Å². The summed E-state index contributed by atoms with van der Waals surface area (Å²) < 4.78 is 12.3. The highest BCUT2D eigenvalue weighted by atomic mass is 32.1. The smallest absolute Gasteiger partial charge is 0.336 e. The van der Waals surface area contributed by atoms with Crippen LogP contribution in [0.1, 0.15) is 77.9 Å². The second-order valence-electron chi connectivity index (χ2n) is 10.4. The first-order valence-electron chi connectivity index (χ1n) is 13.1. The zero-order valence-corrected chi connectivity index (χ0v) is 22.4. The van der Waals surface area contributed by atoms with E-state index in [1.807, 2.05) is 19.1 Å². The molecule has 1 saturated carbocycles. The second-order valence-corrected chi connectivity index (χ2v) is 11.5. The molecule has 2 aromatic heterocycles. The van der Waals surface area contributed by atoms with Crippen LogP contribution in [0.3, 0.4) is 0 Å². The van der Waals surface area contributed by atoms with Crippen LogP contribution in [0.2, 0.25) is 0 Å². The van der Waals surface area contributed by atoms with E-state index in [2.05, 4.69) is 32.9 Å². The summed E-state index contributed by atoms with van der Waals surface area (Å²) >= 11 is 1.70. The van der Waals surface area contributed by atoms with Gasteiger partial charge < -0.3 is 14.6 Å². The van der Waals surface area contributed by atoms with Gasteiger partial charge in [0.1, 0.15) is 5.75 Å². The lowest BCUT2D eigenvalue weighted by molar-refractivity contribution is -0.0228. The highest BCUT2D eigenvalue weighted by molar-refractivity contribution is 7.16. The second kappa shape index (κ2) is 10.3. The van der Waals surface area contributed by atoms with E-state index in [1.165, 1.54) is 16.0 Å². The van der Waals surface area contributed by atoms with Crippen molar-refractivity contribution in [3.05, 3.63) is 51.4 Å². The van der Waals surface area contributed by atoms with Crippen LogP contribution in [0.4, 0.5) is 0 Å². The van der Waals surface area contributed by atoms with Gasteiger partial charge in [-0.05, 0) is 107 Å². The van der Waals surface area contributed by atoms with Crippen molar-refractivity contribution < 1.29 is 19.4 Å². The van der Waals surface area contributed by atoms with Crippen molar-refractivity contribution in [3.63, 3.8) is 0 Å². The first-order chi connectivity index (χ1) is 17.3. The predicted octanol–water partition coefficient (Wildman–Crippen LogP) is 7.60. The van der Waals surface area contributed by atoms with Crippen LogP contribution >= 0.6 is 11.3 Å². The zero-order valence-electron chi connectivity index (χ0n) is 21.6. The molecule has 0 spiro atoms. The van der Waals surface area contributed by atoms with E-state index in [-0.39, 0.29) is 11.7 Å². The molecule has 0 amide bonds. The van der Waals surface area contributed by atoms with Crippen molar-refractivity contribution in [1.29, 1.82) is 0 Å². The summed E-state index contributed by atoms with van der Waals surface area (Å²) in [4.78, 5) is 19.8.